The molecule has 0 radical (unpaired) electrons. The molecule has 1 unspecified atom stereocenters. The van der Waals surface area contributed by atoms with Crippen molar-refractivity contribution in [1.82, 2.24) is 9.88 Å². The minimum atomic E-state index is -4.16. The number of aromatic nitrogens is 1. The van der Waals surface area contributed by atoms with Crippen LogP contribution in [0.1, 0.15) is 18.0 Å². The topological polar surface area (TPSA) is 42.1 Å². The Morgan fingerprint density at radius 1 is 1.50 bits per heavy atom. The van der Waals surface area contributed by atoms with Crippen molar-refractivity contribution < 1.29 is 13.2 Å². The summed E-state index contributed by atoms with van der Waals surface area (Å²) in [5, 5.41) is 0.425. The number of nitrogens with two attached hydrogens (primary N) is 1. The Hall–Kier alpha value is -1.01. The molecule has 18 heavy (non-hydrogen) atoms. The Labute approximate surface area is 108 Å². The minimum Gasteiger partial charge on any atom is -0.397 e. The van der Waals surface area contributed by atoms with Gasteiger partial charge in [-0.1, -0.05) is 11.6 Å². The molecule has 1 aliphatic heterocycles. The van der Waals surface area contributed by atoms with Gasteiger partial charge in [0.05, 0.1) is 29.1 Å². The molecule has 1 aromatic rings. The number of rotatable bonds is 2. The predicted molar refractivity (Wildman–Crippen MR) is 63.5 cm³/mol. The van der Waals surface area contributed by atoms with E-state index in [-0.39, 0.29) is 5.92 Å². The molecule has 0 bridgehead atoms. The van der Waals surface area contributed by atoms with Crippen LogP contribution in [-0.2, 0) is 0 Å². The van der Waals surface area contributed by atoms with Gasteiger partial charge < -0.3 is 5.73 Å². The predicted octanol–water partition coefficient (Wildman–Crippen LogP) is 2.67. The van der Waals surface area contributed by atoms with Crippen molar-refractivity contribution in [2.24, 2.45) is 0 Å². The highest BCUT2D eigenvalue weighted by atomic mass is 35.5. The Balaban J connectivity index is 2.04. The van der Waals surface area contributed by atoms with Gasteiger partial charge in [0.15, 0.2) is 0 Å². The summed E-state index contributed by atoms with van der Waals surface area (Å²) >= 11 is 6.01. The zero-order chi connectivity index (χ0) is 13.3. The summed E-state index contributed by atoms with van der Waals surface area (Å²) in [7, 11) is 0. The monoisotopic (exact) mass is 279 g/mol. The third kappa shape index (κ3) is 3.26. The summed E-state index contributed by atoms with van der Waals surface area (Å²) in [5.74, 6) is -0.0551. The molecule has 1 saturated heterocycles. The largest absolute Gasteiger partial charge is 0.401 e. The Bertz CT molecular complexity index is 436. The second-order valence-electron chi connectivity index (χ2n) is 4.47. The Kier molecular flexibility index (Phi) is 3.68. The molecule has 0 aliphatic carbocycles. The zero-order valence-electron chi connectivity index (χ0n) is 9.54. The van der Waals surface area contributed by atoms with Gasteiger partial charge in [0, 0.05) is 12.5 Å². The number of alkyl halides is 3. The molecule has 7 heteroatoms. The van der Waals surface area contributed by atoms with Crippen LogP contribution in [0, 0.1) is 0 Å². The highest BCUT2D eigenvalue weighted by molar-refractivity contribution is 6.31. The van der Waals surface area contributed by atoms with Gasteiger partial charge >= 0.3 is 6.18 Å². The molecule has 0 saturated carbocycles. The van der Waals surface area contributed by atoms with Crippen LogP contribution >= 0.6 is 11.6 Å². The maximum atomic E-state index is 12.3. The maximum Gasteiger partial charge on any atom is 0.401 e. The number of likely N-dealkylation sites (tertiary alicyclic amines) is 1. The van der Waals surface area contributed by atoms with Crippen LogP contribution in [-0.4, -0.2) is 35.7 Å². The summed E-state index contributed by atoms with van der Waals surface area (Å²) in [5.41, 5.74) is 6.62. The molecule has 0 spiro atoms. The van der Waals surface area contributed by atoms with E-state index in [2.05, 4.69) is 4.98 Å². The second kappa shape index (κ2) is 4.93. The Morgan fingerprint density at radius 2 is 2.22 bits per heavy atom. The van der Waals surface area contributed by atoms with Crippen molar-refractivity contribution in [2.75, 3.05) is 25.4 Å². The standard InChI is InChI=1S/C11H13ClF3N3/c12-9-3-8(16)4-17-10(9)7-1-2-18(5-7)6-11(13,14)15/h3-4,7H,1-2,5-6,16H2. The quantitative estimate of drug-likeness (QED) is 0.905. The lowest BCUT2D eigenvalue weighted by Gasteiger charge is -2.18. The summed E-state index contributed by atoms with van der Waals surface area (Å²) in [6, 6.07) is 1.58. The van der Waals surface area contributed by atoms with E-state index in [1.165, 1.54) is 11.1 Å². The molecule has 2 rings (SSSR count). The van der Waals surface area contributed by atoms with Crippen LogP contribution < -0.4 is 5.73 Å². The zero-order valence-corrected chi connectivity index (χ0v) is 10.3. The molecule has 2 N–H and O–H groups in total. The fourth-order valence-electron chi connectivity index (χ4n) is 2.22. The molecule has 1 aliphatic rings. The third-order valence-electron chi connectivity index (χ3n) is 2.95. The fraction of sp³-hybridized carbons (Fsp3) is 0.545. The third-order valence-corrected chi connectivity index (χ3v) is 3.26. The van der Waals surface area contributed by atoms with E-state index in [1.807, 2.05) is 0 Å². The van der Waals surface area contributed by atoms with E-state index in [1.54, 1.807) is 6.07 Å². The van der Waals surface area contributed by atoms with Crippen molar-refractivity contribution in [2.45, 2.75) is 18.5 Å². The van der Waals surface area contributed by atoms with Gasteiger partial charge in [-0.3, -0.25) is 9.88 Å². The molecular formula is C11H13ClF3N3. The van der Waals surface area contributed by atoms with Gasteiger partial charge in [-0.2, -0.15) is 13.2 Å². The summed E-state index contributed by atoms with van der Waals surface area (Å²) in [6.07, 6.45) is -2.05. The van der Waals surface area contributed by atoms with Gasteiger partial charge in [0.2, 0.25) is 0 Å². The van der Waals surface area contributed by atoms with E-state index in [9.17, 15) is 13.2 Å². The number of anilines is 1. The van der Waals surface area contributed by atoms with Gasteiger partial charge in [0.1, 0.15) is 0 Å². The highest BCUT2D eigenvalue weighted by Gasteiger charge is 2.35. The molecule has 2 heterocycles. The first-order chi connectivity index (χ1) is 8.35. The summed E-state index contributed by atoms with van der Waals surface area (Å²) in [6.45, 7) is -0.140. The van der Waals surface area contributed by atoms with Crippen LogP contribution in [0.3, 0.4) is 0 Å². The van der Waals surface area contributed by atoms with Crippen molar-refractivity contribution in [3.05, 3.63) is 23.0 Å². The average Bonchev–Trinajstić information content (AvgIpc) is 2.63. The summed E-state index contributed by atoms with van der Waals surface area (Å²) in [4.78, 5) is 5.50. The number of pyridine rings is 1. The number of nitrogen functional groups attached to an aromatic ring is 1. The van der Waals surface area contributed by atoms with Crippen LogP contribution in [0.5, 0.6) is 0 Å². The van der Waals surface area contributed by atoms with E-state index in [0.29, 0.717) is 35.9 Å². The van der Waals surface area contributed by atoms with Crippen LogP contribution in [0.25, 0.3) is 0 Å². The van der Waals surface area contributed by atoms with E-state index in [4.69, 9.17) is 17.3 Å². The number of hydrogen-bond donors (Lipinski definition) is 1. The average molecular weight is 280 g/mol. The van der Waals surface area contributed by atoms with E-state index < -0.39 is 12.7 Å². The molecule has 0 amide bonds. The molecule has 1 fully saturated rings. The van der Waals surface area contributed by atoms with Crippen LogP contribution in [0.2, 0.25) is 5.02 Å². The molecule has 0 aromatic carbocycles. The minimum absolute atomic E-state index is 0.0551. The first kappa shape index (κ1) is 13.4. The van der Waals surface area contributed by atoms with Crippen LogP contribution in [0.15, 0.2) is 12.3 Å². The van der Waals surface area contributed by atoms with Gasteiger partial charge in [0.25, 0.3) is 0 Å². The van der Waals surface area contributed by atoms with E-state index >= 15 is 0 Å². The van der Waals surface area contributed by atoms with Gasteiger partial charge in [-0.15, -0.1) is 0 Å². The first-order valence-corrected chi connectivity index (χ1v) is 5.93. The molecule has 100 valence electrons. The Morgan fingerprint density at radius 3 is 2.83 bits per heavy atom. The fourth-order valence-corrected chi connectivity index (χ4v) is 2.55. The van der Waals surface area contributed by atoms with Crippen molar-refractivity contribution in [3.63, 3.8) is 0 Å². The lowest BCUT2D eigenvalue weighted by atomic mass is 10.0. The molecule has 1 atom stereocenters. The lowest BCUT2D eigenvalue weighted by molar-refractivity contribution is -0.143. The van der Waals surface area contributed by atoms with Gasteiger partial charge in [-0.05, 0) is 19.0 Å². The smallest absolute Gasteiger partial charge is 0.397 e. The second-order valence-corrected chi connectivity index (χ2v) is 4.88. The number of hydrogen-bond acceptors (Lipinski definition) is 3. The van der Waals surface area contributed by atoms with Crippen molar-refractivity contribution in [3.8, 4) is 0 Å². The van der Waals surface area contributed by atoms with Crippen molar-refractivity contribution in [1.29, 1.82) is 0 Å². The van der Waals surface area contributed by atoms with Crippen LogP contribution in [0.4, 0.5) is 18.9 Å². The van der Waals surface area contributed by atoms with Gasteiger partial charge in [-0.25, -0.2) is 0 Å². The first-order valence-electron chi connectivity index (χ1n) is 5.55. The molecular weight excluding hydrogens is 267 g/mol. The SMILES string of the molecule is Nc1cnc(C2CCN(CC(F)(F)F)C2)c(Cl)c1. The molecule has 3 nitrogen and oxygen atoms in total. The number of nitrogens with zero attached hydrogens (tertiary/aromatic N) is 2. The number of halogens is 4. The highest BCUT2D eigenvalue weighted by Crippen LogP contribution is 2.32. The normalized spacial score (nSPS) is 21.4. The van der Waals surface area contributed by atoms with Crippen molar-refractivity contribution >= 4 is 17.3 Å². The van der Waals surface area contributed by atoms with E-state index in [0.717, 1.165) is 0 Å². The summed E-state index contributed by atoms with van der Waals surface area (Å²) < 4.78 is 36.8. The molecule has 1 aromatic heterocycles. The lowest BCUT2D eigenvalue weighted by Crippen LogP contribution is -2.32. The maximum absolute atomic E-state index is 12.3.